The molecule has 0 unspecified atom stereocenters. The topological polar surface area (TPSA) is 57.2 Å². The smallest absolute Gasteiger partial charge is 0.101 e. The molecule has 0 atom stereocenters. The summed E-state index contributed by atoms with van der Waals surface area (Å²) in [6.07, 6.45) is 53.1. The number of rotatable bonds is 37. The van der Waals surface area contributed by atoms with Crippen LogP contribution in [0.15, 0.2) is 36.8 Å². The van der Waals surface area contributed by atoms with Gasteiger partial charge >= 0.3 is 0 Å². The number of nitrogens with zero attached hydrogens (tertiary/aromatic N) is 1. The number of allylic oxidation sites excluding steroid dienone is 3. The summed E-state index contributed by atoms with van der Waals surface area (Å²) >= 11 is 0. The van der Waals surface area contributed by atoms with Crippen LogP contribution in [0.4, 0.5) is 0 Å². The van der Waals surface area contributed by atoms with Crippen LogP contribution in [0.5, 0.6) is 0 Å². The summed E-state index contributed by atoms with van der Waals surface area (Å²) < 4.78 is 34.9. The molecule has 0 amide bonds. The molecule has 0 saturated carbocycles. The molecule has 0 fully saturated rings. The summed E-state index contributed by atoms with van der Waals surface area (Å²) in [5.41, 5.74) is 0. The lowest BCUT2D eigenvalue weighted by molar-refractivity contribution is -0.773. The van der Waals surface area contributed by atoms with Crippen LogP contribution in [0.3, 0.4) is 0 Å². The summed E-state index contributed by atoms with van der Waals surface area (Å²) in [6.45, 7) is 7.43. The van der Waals surface area contributed by atoms with Crippen LogP contribution in [0, 0.1) is 0 Å². The van der Waals surface area contributed by atoms with Crippen LogP contribution in [0.25, 0.3) is 0 Å². The Hall–Kier alpha value is -0.910. The Morgan fingerprint density at radius 3 is 0.915 bits per heavy atom. The third-order valence-corrected chi connectivity index (χ3v) is 10.3. The first-order valence-corrected chi connectivity index (χ1v) is 22.3. The van der Waals surface area contributed by atoms with E-state index < -0.39 is 10.1 Å². The third kappa shape index (κ3) is 34.7. The molecule has 0 aromatic heterocycles. The monoisotopic (exact) mass is 680 g/mol. The van der Waals surface area contributed by atoms with Crippen molar-refractivity contribution in [2.75, 3.05) is 12.3 Å². The van der Waals surface area contributed by atoms with E-state index >= 15 is 0 Å². The van der Waals surface area contributed by atoms with Gasteiger partial charge in [-0.3, -0.25) is 0 Å². The summed E-state index contributed by atoms with van der Waals surface area (Å²) in [5.74, 6) is -0.294. The van der Waals surface area contributed by atoms with E-state index in [0.717, 1.165) is 19.3 Å². The van der Waals surface area contributed by atoms with Gasteiger partial charge < -0.3 is 4.55 Å². The second kappa shape index (κ2) is 34.9. The van der Waals surface area contributed by atoms with Gasteiger partial charge in [-0.15, -0.1) is 0 Å². The minimum Gasteiger partial charge on any atom is -0.748 e. The lowest BCUT2D eigenvalue weighted by Gasteiger charge is -2.27. The molecule has 0 aromatic rings. The molecule has 0 bridgehead atoms. The highest BCUT2D eigenvalue weighted by molar-refractivity contribution is 7.85. The van der Waals surface area contributed by atoms with Crippen molar-refractivity contribution in [3.8, 4) is 0 Å². The Balaban J connectivity index is 5.09. The number of quaternary nitrogens is 1. The van der Waals surface area contributed by atoms with Crippen molar-refractivity contribution >= 4 is 10.1 Å². The molecule has 0 rings (SSSR count). The predicted molar refractivity (Wildman–Crippen MR) is 207 cm³/mol. The molecule has 47 heavy (non-hydrogen) atoms. The van der Waals surface area contributed by atoms with E-state index in [1.807, 2.05) is 0 Å². The fourth-order valence-electron chi connectivity index (χ4n) is 6.42. The molecule has 0 aliphatic carbocycles. The number of hydrogen-bond donors (Lipinski definition) is 0. The fourth-order valence-corrected chi connectivity index (χ4v) is 6.90. The molecule has 0 heterocycles. The minimum atomic E-state index is -4.22. The maximum absolute atomic E-state index is 11.5. The standard InChI is InChI=1S/C42H81NO3S/c1-4-7-10-13-16-19-22-25-28-31-34-38-43(41-37-42-47(44,45)46,39-35-32-29-26-23-20-17-14-11-8-5-2)40-36-33-30-27-24-21-18-15-12-9-6-3/h34-36,38-40H,4-33,37,41-42H2,1-3H3/b38-34+,39-35+,40-36+. The first kappa shape index (κ1) is 46.1. The average Bonchev–Trinajstić information content (AvgIpc) is 3.04. The Kier molecular flexibility index (Phi) is 34.3. The van der Waals surface area contributed by atoms with Gasteiger partial charge in [0, 0.05) is 12.2 Å². The van der Waals surface area contributed by atoms with Crippen LogP contribution in [0.2, 0.25) is 0 Å². The van der Waals surface area contributed by atoms with Crippen molar-refractivity contribution in [1.29, 1.82) is 0 Å². The molecule has 0 aliphatic rings. The van der Waals surface area contributed by atoms with Crippen molar-refractivity contribution in [3.63, 3.8) is 0 Å². The average molecular weight is 680 g/mol. The van der Waals surface area contributed by atoms with E-state index in [4.69, 9.17) is 0 Å². The number of unbranched alkanes of at least 4 members (excludes halogenated alkanes) is 27. The maximum atomic E-state index is 11.5. The van der Waals surface area contributed by atoms with Crippen LogP contribution >= 0.6 is 0 Å². The first-order valence-electron chi connectivity index (χ1n) is 20.7. The second-order valence-electron chi connectivity index (χ2n) is 14.3. The van der Waals surface area contributed by atoms with E-state index in [0.29, 0.717) is 17.4 Å². The van der Waals surface area contributed by atoms with Gasteiger partial charge in [0.2, 0.25) is 0 Å². The third-order valence-electron chi connectivity index (χ3n) is 9.51. The van der Waals surface area contributed by atoms with Crippen LogP contribution in [-0.2, 0) is 10.1 Å². The Bertz CT molecular complexity index is 754. The van der Waals surface area contributed by atoms with Crippen LogP contribution < -0.4 is 0 Å². The Morgan fingerprint density at radius 1 is 0.404 bits per heavy atom. The molecule has 0 saturated heterocycles. The zero-order chi connectivity index (χ0) is 34.6. The van der Waals surface area contributed by atoms with E-state index in [-0.39, 0.29) is 5.75 Å². The summed E-state index contributed by atoms with van der Waals surface area (Å²) in [5, 5.41) is 0. The first-order chi connectivity index (χ1) is 22.9. The molecule has 0 radical (unpaired) electrons. The lowest BCUT2D eigenvalue weighted by atomic mass is 10.1. The van der Waals surface area contributed by atoms with Crippen LogP contribution in [0.1, 0.15) is 220 Å². The molecular weight excluding hydrogens is 599 g/mol. The zero-order valence-electron chi connectivity index (χ0n) is 31.9. The highest BCUT2D eigenvalue weighted by Crippen LogP contribution is 2.19. The quantitative estimate of drug-likeness (QED) is 0.0373. The molecule has 5 heteroatoms. The van der Waals surface area contributed by atoms with E-state index in [2.05, 4.69) is 57.6 Å². The van der Waals surface area contributed by atoms with Gasteiger partial charge in [0.1, 0.15) is 18.6 Å². The van der Waals surface area contributed by atoms with Gasteiger partial charge in [0.25, 0.3) is 0 Å². The SMILES string of the molecule is CCCCCCCCCCC/C=C/[N+](/C=C/CCCCCCCCCCC)(/C=C/CCCCCCCCCCC)CCCS(=O)(=O)[O-]. The highest BCUT2D eigenvalue weighted by atomic mass is 32.2. The molecular formula is C42H81NO3S. The van der Waals surface area contributed by atoms with Crippen molar-refractivity contribution in [1.82, 2.24) is 0 Å². The normalized spacial score (nSPS) is 12.9. The molecule has 0 N–H and O–H groups in total. The minimum absolute atomic E-state index is 0.294. The second-order valence-corrected chi connectivity index (χ2v) is 15.9. The van der Waals surface area contributed by atoms with E-state index in [9.17, 15) is 13.0 Å². The van der Waals surface area contributed by atoms with Gasteiger partial charge in [-0.05, 0) is 56.8 Å². The Labute approximate surface area is 295 Å². The van der Waals surface area contributed by atoms with Gasteiger partial charge in [0.15, 0.2) is 0 Å². The van der Waals surface area contributed by atoms with E-state index in [1.54, 1.807) is 0 Å². The van der Waals surface area contributed by atoms with Crippen molar-refractivity contribution in [2.24, 2.45) is 0 Å². The molecule has 4 nitrogen and oxygen atoms in total. The zero-order valence-corrected chi connectivity index (χ0v) is 32.7. The van der Waals surface area contributed by atoms with Crippen molar-refractivity contribution in [2.45, 2.75) is 220 Å². The summed E-state index contributed by atoms with van der Waals surface area (Å²) in [7, 11) is -4.22. The predicted octanol–water partition coefficient (Wildman–Crippen LogP) is 14.0. The summed E-state index contributed by atoms with van der Waals surface area (Å²) in [4.78, 5) is 0. The van der Waals surface area contributed by atoms with Gasteiger partial charge in [-0.25, -0.2) is 12.9 Å². The highest BCUT2D eigenvalue weighted by Gasteiger charge is 2.19. The fraction of sp³-hybridized carbons (Fsp3) is 0.857. The molecule has 0 spiro atoms. The Morgan fingerprint density at radius 2 is 0.660 bits per heavy atom. The molecule has 0 aromatic carbocycles. The molecule has 0 aliphatic heterocycles. The molecule has 278 valence electrons. The maximum Gasteiger partial charge on any atom is 0.101 e. The number of hydrogen-bond acceptors (Lipinski definition) is 3. The van der Waals surface area contributed by atoms with Gasteiger partial charge in [-0.2, -0.15) is 0 Å². The van der Waals surface area contributed by atoms with Gasteiger partial charge in [-0.1, -0.05) is 175 Å². The van der Waals surface area contributed by atoms with Gasteiger partial charge in [0.05, 0.1) is 16.7 Å². The largest absolute Gasteiger partial charge is 0.748 e. The van der Waals surface area contributed by atoms with Crippen molar-refractivity contribution < 1.29 is 17.5 Å². The van der Waals surface area contributed by atoms with Crippen LogP contribution in [-0.4, -0.2) is 29.8 Å². The summed E-state index contributed by atoms with van der Waals surface area (Å²) in [6, 6.07) is 0. The van der Waals surface area contributed by atoms with Crippen molar-refractivity contribution in [3.05, 3.63) is 36.8 Å². The van der Waals surface area contributed by atoms with E-state index in [1.165, 1.54) is 173 Å². The lowest BCUT2D eigenvalue weighted by Crippen LogP contribution is -2.33.